The maximum atomic E-state index is 11.8. The zero-order valence-electron chi connectivity index (χ0n) is 11.2. The van der Waals surface area contributed by atoms with Crippen LogP contribution in [0.3, 0.4) is 0 Å². The second-order valence-corrected chi connectivity index (χ2v) is 4.62. The van der Waals surface area contributed by atoms with Crippen molar-refractivity contribution < 1.29 is 4.79 Å². The van der Waals surface area contributed by atoms with Gasteiger partial charge in [0, 0.05) is 24.5 Å². The molecule has 0 fully saturated rings. The number of amides is 1. The van der Waals surface area contributed by atoms with Crippen LogP contribution >= 0.6 is 0 Å². The van der Waals surface area contributed by atoms with Crippen LogP contribution in [0.5, 0.6) is 0 Å². The standard InChI is InChI=1S/C15H19N3O/c1-2-3-4-5-6-15(19)18-12-7-8-13-14(11-12)17-10-9-16-13/h7-11H,2-6H2,1H3,(H,18,19). The van der Waals surface area contributed by atoms with Crippen LogP contribution in [0.25, 0.3) is 11.0 Å². The lowest BCUT2D eigenvalue weighted by Gasteiger charge is -2.05. The van der Waals surface area contributed by atoms with Crippen molar-refractivity contribution in [3.8, 4) is 0 Å². The van der Waals surface area contributed by atoms with Gasteiger partial charge >= 0.3 is 0 Å². The number of anilines is 1. The summed E-state index contributed by atoms with van der Waals surface area (Å²) < 4.78 is 0. The first-order chi connectivity index (χ1) is 9.29. The van der Waals surface area contributed by atoms with E-state index in [4.69, 9.17) is 0 Å². The molecule has 0 aliphatic heterocycles. The lowest BCUT2D eigenvalue weighted by atomic mass is 10.1. The molecule has 100 valence electrons. The highest BCUT2D eigenvalue weighted by molar-refractivity contribution is 5.92. The Bertz CT molecular complexity index is 554. The third kappa shape index (κ3) is 4.02. The molecule has 1 N–H and O–H groups in total. The molecule has 0 bridgehead atoms. The molecule has 4 heteroatoms. The Hall–Kier alpha value is -1.97. The van der Waals surface area contributed by atoms with E-state index in [-0.39, 0.29) is 5.91 Å². The highest BCUT2D eigenvalue weighted by Gasteiger charge is 2.03. The van der Waals surface area contributed by atoms with E-state index in [1.54, 1.807) is 12.4 Å². The monoisotopic (exact) mass is 257 g/mol. The molecule has 0 saturated heterocycles. The Balaban J connectivity index is 1.91. The molecule has 1 heterocycles. The molecular formula is C15H19N3O. The van der Waals surface area contributed by atoms with Crippen molar-refractivity contribution in [1.82, 2.24) is 9.97 Å². The van der Waals surface area contributed by atoms with E-state index < -0.39 is 0 Å². The molecule has 0 aliphatic carbocycles. The predicted octanol–water partition coefficient (Wildman–Crippen LogP) is 3.54. The van der Waals surface area contributed by atoms with Crippen molar-refractivity contribution in [2.75, 3.05) is 5.32 Å². The number of aromatic nitrogens is 2. The van der Waals surface area contributed by atoms with E-state index in [9.17, 15) is 4.79 Å². The van der Waals surface area contributed by atoms with Crippen molar-refractivity contribution in [2.24, 2.45) is 0 Å². The Labute approximate surface area is 113 Å². The first-order valence-corrected chi connectivity index (χ1v) is 6.80. The van der Waals surface area contributed by atoms with E-state index in [1.165, 1.54) is 12.8 Å². The van der Waals surface area contributed by atoms with Crippen LogP contribution in [0.4, 0.5) is 5.69 Å². The van der Waals surface area contributed by atoms with E-state index in [1.807, 2.05) is 18.2 Å². The molecule has 0 atom stereocenters. The van der Waals surface area contributed by atoms with Gasteiger partial charge in [-0.1, -0.05) is 26.2 Å². The van der Waals surface area contributed by atoms with Crippen molar-refractivity contribution in [2.45, 2.75) is 39.0 Å². The van der Waals surface area contributed by atoms with Crippen LogP contribution in [-0.4, -0.2) is 15.9 Å². The molecule has 0 radical (unpaired) electrons. The van der Waals surface area contributed by atoms with Gasteiger partial charge < -0.3 is 5.32 Å². The maximum Gasteiger partial charge on any atom is 0.224 e. The van der Waals surface area contributed by atoms with E-state index in [0.29, 0.717) is 6.42 Å². The lowest BCUT2D eigenvalue weighted by molar-refractivity contribution is -0.116. The Kier molecular flexibility index (Phi) is 4.84. The molecule has 0 spiro atoms. The van der Waals surface area contributed by atoms with Gasteiger partial charge in [0.2, 0.25) is 5.91 Å². The molecule has 1 aromatic carbocycles. The number of rotatable bonds is 6. The number of nitrogens with zero attached hydrogens (tertiary/aromatic N) is 2. The smallest absolute Gasteiger partial charge is 0.224 e. The summed E-state index contributed by atoms with van der Waals surface area (Å²) in [7, 11) is 0. The minimum atomic E-state index is 0.0688. The van der Waals surface area contributed by atoms with Gasteiger partial charge in [-0.25, -0.2) is 0 Å². The van der Waals surface area contributed by atoms with E-state index in [2.05, 4.69) is 22.2 Å². The third-order valence-electron chi connectivity index (χ3n) is 3.01. The highest BCUT2D eigenvalue weighted by atomic mass is 16.1. The van der Waals surface area contributed by atoms with Crippen molar-refractivity contribution in [3.63, 3.8) is 0 Å². The molecule has 0 unspecified atom stereocenters. The summed E-state index contributed by atoms with van der Waals surface area (Å²) in [5, 5.41) is 2.90. The molecule has 0 aliphatic rings. The number of hydrogen-bond acceptors (Lipinski definition) is 3. The fourth-order valence-electron chi connectivity index (χ4n) is 1.98. The molecule has 2 aromatic rings. The Morgan fingerprint density at radius 1 is 1.11 bits per heavy atom. The van der Waals surface area contributed by atoms with E-state index >= 15 is 0 Å². The first-order valence-electron chi connectivity index (χ1n) is 6.80. The predicted molar refractivity (Wildman–Crippen MR) is 76.9 cm³/mol. The van der Waals surface area contributed by atoms with Gasteiger partial charge in [0.1, 0.15) is 0 Å². The lowest BCUT2D eigenvalue weighted by Crippen LogP contribution is -2.11. The van der Waals surface area contributed by atoms with Crippen LogP contribution in [0.1, 0.15) is 39.0 Å². The minimum Gasteiger partial charge on any atom is -0.326 e. The average Bonchev–Trinajstić information content (AvgIpc) is 2.43. The minimum absolute atomic E-state index is 0.0688. The number of nitrogens with one attached hydrogen (secondary N) is 1. The number of carbonyl (C=O) groups excluding carboxylic acids is 1. The fourth-order valence-corrected chi connectivity index (χ4v) is 1.98. The SMILES string of the molecule is CCCCCCC(=O)Nc1ccc2nccnc2c1. The third-order valence-corrected chi connectivity index (χ3v) is 3.01. The highest BCUT2D eigenvalue weighted by Crippen LogP contribution is 2.15. The zero-order chi connectivity index (χ0) is 13.5. The molecule has 2 rings (SSSR count). The topological polar surface area (TPSA) is 54.9 Å². The Morgan fingerprint density at radius 3 is 2.68 bits per heavy atom. The molecule has 19 heavy (non-hydrogen) atoms. The Morgan fingerprint density at radius 2 is 1.89 bits per heavy atom. The molecule has 4 nitrogen and oxygen atoms in total. The molecule has 1 aromatic heterocycles. The number of carbonyl (C=O) groups is 1. The van der Waals surface area contributed by atoms with E-state index in [0.717, 1.165) is 29.6 Å². The van der Waals surface area contributed by atoms with Gasteiger partial charge in [-0.15, -0.1) is 0 Å². The van der Waals surface area contributed by atoms with Crippen LogP contribution in [0.15, 0.2) is 30.6 Å². The van der Waals surface area contributed by atoms with Crippen LogP contribution in [0, 0.1) is 0 Å². The second kappa shape index (κ2) is 6.83. The van der Waals surface area contributed by atoms with Gasteiger partial charge in [0.15, 0.2) is 0 Å². The fraction of sp³-hybridized carbons (Fsp3) is 0.400. The summed E-state index contributed by atoms with van der Waals surface area (Å²) in [5.74, 6) is 0.0688. The number of hydrogen-bond donors (Lipinski definition) is 1. The van der Waals surface area contributed by atoms with Gasteiger partial charge in [-0.2, -0.15) is 0 Å². The number of benzene rings is 1. The summed E-state index contributed by atoms with van der Waals surface area (Å²) in [6.45, 7) is 2.16. The number of fused-ring (bicyclic) bond motifs is 1. The average molecular weight is 257 g/mol. The van der Waals surface area contributed by atoms with Gasteiger partial charge in [-0.05, 0) is 24.6 Å². The molecule has 0 saturated carbocycles. The van der Waals surface area contributed by atoms with Gasteiger partial charge in [-0.3, -0.25) is 14.8 Å². The summed E-state index contributed by atoms with van der Waals surface area (Å²) in [4.78, 5) is 20.2. The van der Waals surface area contributed by atoms with Crippen LogP contribution in [0.2, 0.25) is 0 Å². The second-order valence-electron chi connectivity index (χ2n) is 4.62. The molecule has 1 amide bonds. The normalized spacial score (nSPS) is 10.6. The van der Waals surface area contributed by atoms with Crippen molar-refractivity contribution in [3.05, 3.63) is 30.6 Å². The van der Waals surface area contributed by atoms with Crippen molar-refractivity contribution >= 4 is 22.6 Å². The van der Waals surface area contributed by atoms with Crippen LogP contribution in [-0.2, 0) is 4.79 Å². The summed E-state index contributed by atoms with van der Waals surface area (Å²) in [5.41, 5.74) is 2.42. The first kappa shape index (κ1) is 13.5. The maximum absolute atomic E-state index is 11.8. The summed E-state index contributed by atoms with van der Waals surface area (Å²) in [6, 6.07) is 5.59. The van der Waals surface area contributed by atoms with Crippen LogP contribution < -0.4 is 5.32 Å². The zero-order valence-corrected chi connectivity index (χ0v) is 11.2. The number of unbranched alkanes of at least 4 members (excludes halogenated alkanes) is 3. The quantitative estimate of drug-likeness (QED) is 0.805. The molecular weight excluding hydrogens is 238 g/mol. The van der Waals surface area contributed by atoms with Gasteiger partial charge in [0.25, 0.3) is 0 Å². The van der Waals surface area contributed by atoms with Crippen molar-refractivity contribution in [1.29, 1.82) is 0 Å². The summed E-state index contributed by atoms with van der Waals surface area (Å²) in [6.07, 6.45) is 8.34. The van der Waals surface area contributed by atoms with Gasteiger partial charge in [0.05, 0.1) is 11.0 Å². The largest absolute Gasteiger partial charge is 0.326 e. The summed E-state index contributed by atoms with van der Waals surface area (Å²) >= 11 is 0.